The maximum atomic E-state index is 13.2. The highest BCUT2D eigenvalue weighted by atomic mass is 16.5. The van der Waals surface area contributed by atoms with Crippen LogP contribution in [0.1, 0.15) is 33.1 Å². The second kappa shape index (κ2) is 9.08. The van der Waals surface area contributed by atoms with Gasteiger partial charge in [0, 0.05) is 11.1 Å². The number of aliphatic hydroxyl groups is 1. The van der Waals surface area contributed by atoms with E-state index in [1.807, 2.05) is 24.3 Å². The van der Waals surface area contributed by atoms with Crippen molar-refractivity contribution in [1.82, 2.24) is 4.90 Å². The normalized spacial score (nSPS) is 15.6. The number of carboxylic acids is 1. The predicted octanol–water partition coefficient (Wildman–Crippen LogP) is 4.45. The van der Waals surface area contributed by atoms with Crippen LogP contribution >= 0.6 is 0 Å². The summed E-state index contributed by atoms with van der Waals surface area (Å²) >= 11 is 0. The molecular weight excluding hydrogens is 422 g/mol. The van der Waals surface area contributed by atoms with Gasteiger partial charge in [-0.05, 0) is 41.5 Å². The van der Waals surface area contributed by atoms with E-state index in [0.717, 1.165) is 5.56 Å². The van der Waals surface area contributed by atoms with Crippen molar-refractivity contribution in [3.05, 3.63) is 101 Å². The predicted molar refractivity (Wildman–Crippen MR) is 122 cm³/mol. The van der Waals surface area contributed by atoms with Crippen molar-refractivity contribution in [2.24, 2.45) is 0 Å². The largest absolute Gasteiger partial charge is 0.503 e. The molecule has 1 heterocycles. The van der Waals surface area contributed by atoms with Crippen molar-refractivity contribution in [1.29, 1.82) is 0 Å². The van der Waals surface area contributed by atoms with E-state index in [1.54, 1.807) is 55.5 Å². The molecule has 0 radical (unpaired) electrons. The first kappa shape index (κ1) is 22.0. The SMILES string of the molecule is COc1ccc(C2=C(O)C(=O)N(Cc3ccccc3OC)C2c2ccc(C(=O)O)cc2)cc1. The van der Waals surface area contributed by atoms with Gasteiger partial charge in [0.05, 0.1) is 32.4 Å². The lowest BCUT2D eigenvalue weighted by molar-refractivity contribution is -0.130. The van der Waals surface area contributed by atoms with Gasteiger partial charge in [-0.1, -0.05) is 42.5 Å². The van der Waals surface area contributed by atoms with Gasteiger partial charge in [0.15, 0.2) is 5.76 Å². The molecule has 1 unspecified atom stereocenters. The Morgan fingerprint density at radius 3 is 2.21 bits per heavy atom. The Balaban J connectivity index is 1.81. The lowest BCUT2D eigenvalue weighted by Crippen LogP contribution is -2.30. The van der Waals surface area contributed by atoms with Gasteiger partial charge in [0.25, 0.3) is 5.91 Å². The average molecular weight is 445 g/mol. The zero-order chi connectivity index (χ0) is 23.5. The second-order valence-electron chi connectivity index (χ2n) is 7.57. The first-order valence-electron chi connectivity index (χ1n) is 10.3. The number of methoxy groups -OCH3 is 2. The summed E-state index contributed by atoms with van der Waals surface area (Å²) in [7, 11) is 3.12. The minimum absolute atomic E-state index is 0.138. The number of carboxylic acid groups (broad SMARTS) is 1. The third-order valence-corrected chi connectivity index (χ3v) is 5.71. The van der Waals surface area contributed by atoms with Crippen LogP contribution in [-0.4, -0.2) is 41.2 Å². The van der Waals surface area contributed by atoms with Crippen LogP contribution < -0.4 is 9.47 Å². The summed E-state index contributed by atoms with van der Waals surface area (Å²) in [6, 6.07) is 20.1. The zero-order valence-corrected chi connectivity index (χ0v) is 18.2. The molecule has 0 aromatic heterocycles. The molecule has 0 saturated heterocycles. The fraction of sp³-hybridized carbons (Fsp3) is 0.154. The standard InChI is InChI=1S/C26H23NO6/c1-32-20-13-11-16(12-14-20)22-23(17-7-9-18(10-8-17)26(30)31)27(25(29)24(22)28)15-19-5-3-4-6-21(19)33-2/h3-14,23,28H,15H2,1-2H3,(H,30,31). The fourth-order valence-electron chi connectivity index (χ4n) is 4.05. The molecular formula is C26H23NO6. The topological polar surface area (TPSA) is 96.3 Å². The molecule has 0 fully saturated rings. The number of nitrogens with zero attached hydrogens (tertiary/aromatic N) is 1. The van der Waals surface area contributed by atoms with E-state index in [1.165, 1.54) is 12.1 Å². The minimum atomic E-state index is -1.04. The molecule has 0 aliphatic carbocycles. The number of aromatic carboxylic acids is 1. The van der Waals surface area contributed by atoms with Crippen LogP contribution in [0.3, 0.4) is 0 Å². The van der Waals surface area contributed by atoms with E-state index in [2.05, 4.69) is 0 Å². The molecule has 1 aliphatic rings. The van der Waals surface area contributed by atoms with Crippen LogP contribution in [-0.2, 0) is 11.3 Å². The van der Waals surface area contributed by atoms with Crippen LogP contribution in [0.15, 0.2) is 78.6 Å². The molecule has 1 aliphatic heterocycles. The van der Waals surface area contributed by atoms with E-state index >= 15 is 0 Å². The van der Waals surface area contributed by atoms with E-state index in [0.29, 0.717) is 28.2 Å². The quantitative estimate of drug-likeness (QED) is 0.558. The number of carbonyl (C=O) groups is 2. The van der Waals surface area contributed by atoms with E-state index in [-0.39, 0.29) is 17.9 Å². The van der Waals surface area contributed by atoms with Crippen molar-refractivity contribution < 1.29 is 29.3 Å². The van der Waals surface area contributed by atoms with Crippen molar-refractivity contribution in [3.63, 3.8) is 0 Å². The first-order chi connectivity index (χ1) is 15.9. The molecule has 1 atom stereocenters. The molecule has 3 aromatic carbocycles. The third-order valence-electron chi connectivity index (χ3n) is 5.71. The maximum Gasteiger partial charge on any atom is 0.335 e. The molecule has 1 amide bonds. The lowest BCUT2D eigenvalue weighted by atomic mass is 9.92. The Hall–Kier alpha value is -4.26. The molecule has 7 heteroatoms. The molecule has 4 rings (SSSR count). The van der Waals surface area contributed by atoms with Crippen LogP contribution in [0, 0.1) is 0 Å². The molecule has 0 spiro atoms. The Labute approximate surface area is 191 Å². The van der Waals surface area contributed by atoms with Crippen LogP contribution in [0.25, 0.3) is 5.57 Å². The van der Waals surface area contributed by atoms with Gasteiger partial charge in [0.1, 0.15) is 11.5 Å². The highest BCUT2D eigenvalue weighted by Gasteiger charge is 2.41. The molecule has 0 bridgehead atoms. The summed E-state index contributed by atoms with van der Waals surface area (Å²) in [5.41, 5.74) is 2.71. The van der Waals surface area contributed by atoms with Crippen molar-refractivity contribution in [2.45, 2.75) is 12.6 Å². The highest BCUT2D eigenvalue weighted by molar-refractivity contribution is 6.05. The number of para-hydroxylation sites is 1. The van der Waals surface area contributed by atoms with Gasteiger partial charge in [-0.15, -0.1) is 0 Å². The van der Waals surface area contributed by atoms with Gasteiger partial charge in [-0.3, -0.25) is 4.79 Å². The van der Waals surface area contributed by atoms with Crippen LogP contribution in [0.5, 0.6) is 11.5 Å². The summed E-state index contributed by atoms with van der Waals surface area (Å²) in [5, 5.41) is 20.2. The Bertz CT molecular complexity index is 1210. The van der Waals surface area contributed by atoms with Gasteiger partial charge in [-0.2, -0.15) is 0 Å². The number of hydrogen-bond donors (Lipinski definition) is 2. The Morgan fingerprint density at radius 1 is 0.939 bits per heavy atom. The van der Waals surface area contributed by atoms with Crippen molar-refractivity contribution >= 4 is 17.4 Å². The Kier molecular flexibility index (Phi) is 6.04. The second-order valence-corrected chi connectivity index (χ2v) is 7.57. The summed E-state index contributed by atoms with van der Waals surface area (Å²) in [5.74, 6) is -0.621. The van der Waals surface area contributed by atoms with Crippen LogP contribution in [0.4, 0.5) is 0 Å². The number of hydrogen-bond acceptors (Lipinski definition) is 5. The van der Waals surface area contributed by atoms with Gasteiger partial charge in [0.2, 0.25) is 0 Å². The van der Waals surface area contributed by atoms with Gasteiger partial charge in [-0.25, -0.2) is 4.79 Å². The average Bonchev–Trinajstić information content (AvgIpc) is 3.09. The summed E-state index contributed by atoms with van der Waals surface area (Å²) in [4.78, 5) is 26.1. The number of ether oxygens (including phenoxy) is 2. The first-order valence-corrected chi connectivity index (χ1v) is 10.3. The minimum Gasteiger partial charge on any atom is -0.503 e. The van der Waals surface area contributed by atoms with Crippen molar-refractivity contribution in [2.75, 3.05) is 14.2 Å². The van der Waals surface area contributed by atoms with Crippen LogP contribution in [0.2, 0.25) is 0 Å². The summed E-state index contributed by atoms with van der Waals surface area (Å²) in [6.45, 7) is 0.192. The molecule has 2 N–H and O–H groups in total. The third kappa shape index (κ3) is 4.13. The number of aliphatic hydroxyl groups excluding tert-OH is 1. The molecule has 7 nitrogen and oxygen atoms in total. The highest BCUT2D eigenvalue weighted by Crippen LogP contribution is 2.44. The number of rotatable bonds is 7. The summed E-state index contributed by atoms with van der Waals surface area (Å²) < 4.78 is 10.7. The number of amides is 1. The maximum absolute atomic E-state index is 13.2. The molecule has 168 valence electrons. The van der Waals surface area contributed by atoms with Gasteiger partial charge >= 0.3 is 5.97 Å². The smallest absolute Gasteiger partial charge is 0.335 e. The summed E-state index contributed by atoms with van der Waals surface area (Å²) in [6.07, 6.45) is 0. The molecule has 0 saturated carbocycles. The lowest BCUT2D eigenvalue weighted by Gasteiger charge is -2.28. The van der Waals surface area contributed by atoms with E-state index in [9.17, 15) is 19.8 Å². The monoisotopic (exact) mass is 445 g/mol. The molecule has 33 heavy (non-hydrogen) atoms. The number of benzene rings is 3. The zero-order valence-electron chi connectivity index (χ0n) is 18.2. The fourth-order valence-corrected chi connectivity index (χ4v) is 4.05. The molecule has 3 aromatic rings. The van der Waals surface area contributed by atoms with Crippen molar-refractivity contribution in [3.8, 4) is 11.5 Å². The number of carbonyl (C=O) groups excluding carboxylic acids is 1. The van der Waals surface area contributed by atoms with E-state index in [4.69, 9.17) is 9.47 Å². The van der Waals surface area contributed by atoms with E-state index < -0.39 is 17.9 Å². The van der Waals surface area contributed by atoms with Gasteiger partial charge < -0.3 is 24.6 Å². The Morgan fingerprint density at radius 2 is 1.61 bits per heavy atom.